The maximum Gasteiger partial charge on any atom is 0.306 e. The van der Waals surface area contributed by atoms with Crippen molar-refractivity contribution in [1.82, 2.24) is 0 Å². The Morgan fingerprint density at radius 1 is 1.08 bits per heavy atom. The second-order valence-electron chi connectivity index (χ2n) is 6.30. The lowest BCUT2D eigenvalue weighted by Gasteiger charge is -2.44. The van der Waals surface area contributed by atoms with E-state index in [2.05, 4.69) is 24.3 Å². The Kier molecular flexibility index (Phi) is 5.17. The lowest BCUT2D eigenvalue weighted by molar-refractivity contribution is -0.161. The van der Waals surface area contributed by atoms with Gasteiger partial charge in [-0.1, -0.05) is 60.7 Å². The van der Waals surface area contributed by atoms with E-state index in [9.17, 15) is 9.59 Å². The first kappa shape index (κ1) is 17.2. The molecule has 3 rings (SSSR count). The van der Waals surface area contributed by atoms with Gasteiger partial charge in [0.25, 0.3) is 0 Å². The quantitative estimate of drug-likeness (QED) is 0.781. The average Bonchev–Trinajstić information content (AvgIpc) is 2.67. The first-order chi connectivity index (χ1) is 12.2. The van der Waals surface area contributed by atoms with E-state index in [4.69, 9.17) is 9.47 Å². The van der Waals surface area contributed by atoms with Gasteiger partial charge in [-0.25, -0.2) is 0 Å². The van der Waals surface area contributed by atoms with Crippen molar-refractivity contribution in [3.05, 3.63) is 71.8 Å². The van der Waals surface area contributed by atoms with Crippen molar-refractivity contribution in [2.75, 3.05) is 7.11 Å². The van der Waals surface area contributed by atoms with Crippen LogP contribution in [0.15, 0.2) is 60.7 Å². The van der Waals surface area contributed by atoms with E-state index in [-0.39, 0.29) is 18.4 Å². The Labute approximate surface area is 147 Å². The van der Waals surface area contributed by atoms with Gasteiger partial charge in [-0.15, -0.1) is 0 Å². The number of ether oxygens (including phenoxy) is 2. The summed E-state index contributed by atoms with van der Waals surface area (Å²) in [6, 6.07) is 20.2. The van der Waals surface area contributed by atoms with Crippen molar-refractivity contribution >= 4 is 11.9 Å². The molecule has 130 valence electrons. The van der Waals surface area contributed by atoms with Crippen LogP contribution in [0, 0.1) is 0 Å². The van der Waals surface area contributed by atoms with E-state index in [1.54, 1.807) is 0 Å². The number of rotatable bonds is 5. The van der Waals surface area contributed by atoms with Crippen molar-refractivity contribution in [1.29, 1.82) is 0 Å². The molecule has 0 bridgehead atoms. The van der Waals surface area contributed by atoms with Crippen LogP contribution >= 0.6 is 0 Å². The molecule has 0 radical (unpaired) electrons. The van der Waals surface area contributed by atoms with E-state index in [1.807, 2.05) is 36.4 Å². The van der Waals surface area contributed by atoms with Gasteiger partial charge in [0.1, 0.15) is 6.10 Å². The summed E-state index contributed by atoms with van der Waals surface area (Å²) in [5.41, 5.74) is 1.75. The van der Waals surface area contributed by atoms with E-state index >= 15 is 0 Å². The standard InChI is InChI=1S/C21H22O4/c1-24-19(22)13-12-18-21(15-14-20(23)25-18,16-8-4-2-5-9-16)17-10-6-3-7-11-17/h2-11,18H,12-15H2,1H3/t18-/m0/s1. The Balaban J connectivity index is 2.06. The molecule has 0 unspecified atom stereocenters. The van der Waals surface area contributed by atoms with E-state index in [1.165, 1.54) is 7.11 Å². The minimum absolute atomic E-state index is 0.211. The molecule has 0 amide bonds. The van der Waals surface area contributed by atoms with Crippen LogP contribution in [0.2, 0.25) is 0 Å². The summed E-state index contributed by atoms with van der Waals surface area (Å²) in [5.74, 6) is -0.506. The fourth-order valence-electron chi connectivity index (χ4n) is 3.73. The molecule has 1 aliphatic rings. The van der Waals surface area contributed by atoms with Crippen LogP contribution < -0.4 is 0 Å². The number of hydrogen-bond acceptors (Lipinski definition) is 4. The molecule has 2 aromatic rings. The minimum atomic E-state index is -0.454. The van der Waals surface area contributed by atoms with Crippen molar-refractivity contribution < 1.29 is 19.1 Å². The van der Waals surface area contributed by atoms with Gasteiger partial charge in [-0.2, -0.15) is 0 Å². The monoisotopic (exact) mass is 338 g/mol. The highest BCUT2D eigenvalue weighted by molar-refractivity contribution is 5.72. The predicted octanol–water partition coefficient (Wildman–Crippen LogP) is 3.63. The van der Waals surface area contributed by atoms with E-state index in [0.29, 0.717) is 19.3 Å². The molecule has 0 aliphatic carbocycles. The first-order valence-electron chi connectivity index (χ1n) is 8.54. The minimum Gasteiger partial charge on any atom is -0.469 e. The highest BCUT2D eigenvalue weighted by Crippen LogP contribution is 2.45. The molecule has 0 N–H and O–H groups in total. The summed E-state index contributed by atoms with van der Waals surface area (Å²) in [5, 5.41) is 0. The third-order valence-electron chi connectivity index (χ3n) is 4.96. The van der Waals surface area contributed by atoms with Gasteiger partial charge in [0.15, 0.2) is 0 Å². The van der Waals surface area contributed by atoms with Crippen molar-refractivity contribution in [3.8, 4) is 0 Å². The Morgan fingerprint density at radius 2 is 1.64 bits per heavy atom. The topological polar surface area (TPSA) is 52.6 Å². The molecule has 0 saturated carbocycles. The Bertz CT molecular complexity index is 685. The van der Waals surface area contributed by atoms with Gasteiger partial charge >= 0.3 is 11.9 Å². The van der Waals surface area contributed by atoms with Crippen molar-refractivity contribution in [2.24, 2.45) is 0 Å². The summed E-state index contributed by atoms with van der Waals surface area (Å²) in [6.07, 6.45) is 1.26. The van der Waals surface area contributed by atoms with E-state index < -0.39 is 11.5 Å². The second-order valence-corrected chi connectivity index (χ2v) is 6.30. The number of carbonyl (C=O) groups excluding carboxylic acids is 2. The van der Waals surface area contributed by atoms with Crippen LogP contribution in [0.3, 0.4) is 0 Å². The molecule has 1 aliphatic heterocycles. The number of hydrogen-bond donors (Lipinski definition) is 0. The van der Waals surface area contributed by atoms with Crippen LogP contribution in [0.1, 0.15) is 36.8 Å². The third kappa shape index (κ3) is 3.43. The second kappa shape index (κ2) is 7.51. The number of benzene rings is 2. The molecule has 1 fully saturated rings. The maximum atomic E-state index is 12.0. The number of cyclic esters (lactones) is 1. The molecule has 1 atom stereocenters. The van der Waals surface area contributed by atoms with Gasteiger partial charge in [0, 0.05) is 12.8 Å². The highest BCUT2D eigenvalue weighted by Gasteiger charge is 2.47. The SMILES string of the molecule is COC(=O)CC[C@@H]1OC(=O)CCC1(c1ccccc1)c1ccccc1. The van der Waals surface area contributed by atoms with E-state index in [0.717, 1.165) is 11.1 Å². The summed E-state index contributed by atoms with van der Waals surface area (Å²) >= 11 is 0. The number of methoxy groups -OCH3 is 1. The molecular weight excluding hydrogens is 316 g/mol. The van der Waals surface area contributed by atoms with Gasteiger partial charge in [-0.3, -0.25) is 9.59 Å². The normalized spacial score (nSPS) is 19.1. The molecular formula is C21H22O4. The van der Waals surface area contributed by atoms with Gasteiger partial charge < -0.3 is 9.47 Å². The van der Waals surface area contributed by atoms with Gasteiger partial charge in [0.2, 0.25) is 0 Å². The van der Waals surface area contributed by atoms with Crippen LogP contribution in [-0.4, -0.2) is 25.2 Å². The fourth-order valence-corrected chi connectivity index (χ4v) is 3.73. The molecule has 4 nitrogen and oxygen atoms in total. The summed E-state index contributed by atoms with van der Waals surface area (Å²) in [7, 11) is 1.37. The number of esters is 2. The zero-order chi connectivity index (χ0) is 17.7. The Hall–Kier alpha value is -2.62. The van der Waals surface area contributed by atoms with Gasteiger partial charge in [0.05, 0.1) is 12.5 Å². The van der Waals surface area contributed by atoms with Crippen LogP contribution in [0.4, 0.5) is 0 Å². The summed E-state index contributed by atoms with van der Waals surface area (Å²) in [6.45, 7) is 0. The zero-order valence-corrected chi connectivity index (χ0v) is 14.3. The van der Waals surface area contributed by atoms with Crippen molar-refractivity contribution in [3.63, 3.8) is 0 Å². The van der Waals surface area contributed by atoms with Crippen LogP contribution in [0.5, 0.6) is 0 Å². The van der Waals surface area contributed by atoms with Gasteiger partial charge in [-0.05, 0) is 24.0 Å². The molecule has 1 saturated heterocycles. The maximum absolute atomic E-state index is 12.0. The average molecular weight is 338 g/mol. The van der Waals surface area contributed by atoms with Crippen LogP contribution in [0.25, 0.3) is 0 Å². The Morgan fingerprint density at radius 3 is 2.16 bits per heavy atom. The molecule has 1 heterocycles. The predicted molar refractivity (Wildman–Crippen MR) is 94.0 cm³/mol. The molecule has 4 heteroatoms. The molecule has 0 aromatic heterocycles. The molecule has 0 spiro atoms. The number of carbonyl (C=O) groups is 2. The molecule has 25 heavy (non-hydrogen) atoms. The smallest absolute Gasteiger partial charge is 0.306 e. The zero-order valence-electron chi connectivity index (χ0n) is 14.3. The van der Waals surface area contributed by atoms with Crippen LogP contribution in [-0.2, 0) is 24.5 Å². The van der Waals surface area contributed by atoms with Crippen molar-refractivity contribution in [2.45, 2.75) is 37.2 Å². The lowest BCUT2D eigenvalue weighted by Crippen LogP contribution is -2.47. The third-order valence-corrected chi connectivity index (χ3v) is 4.96. The first-order valence-corrected chi connectivity index (χ1v) is 8.54. The highest BCUT2D eigenvalue weighted by atomic mass is 16.5. The molecule has 2 aromatic carbocycles. The summed E-state index contributed by atoms with van der Waals surface area (Å²) < 4.78 is 10.5. The lowest BCUT2D eigenvalue weighted by atomic mass is 9.65. The fraction of sp³-hybridized carbons (Fsp3) is 0.333. The summed E-state index contributed by atoms with van der Waals surface area (Å²) in [4.78, 5) is 23.7. The largest absolute Gasteiger partial charge is 0.469 e.